The second-order valence-electron chi connectivity index (χ2n) is 5.92. The van der Waals surface area contributed by atoms with Gasteiger partial charge in [0, 0.05) is 12.8 Å². The Bertz CT molecular complexity index is 308. The smallest absolute Gasteiger partial charge is 0.305 e. The standard InChI is InChI=1S/C19H34O3/c1-3-4-5-6-7-8-9-12-15-18(20)16-13-10-11-14-17-19(21)22-2/h12,15H,3-11,13-14,16-17H2,1-2H3/b15-12+. The molecule has 0 radical (unpaired) electrons. The fourth-order valence-corrected chi connectivity index (χ4v) is 2.36. The summed E-state index contributed by atoms with van der Waals surface area (Å²) in [5.41, 5.74) is 0. The van der Waals surface area contributed by atoms with Crippen molar-refractivity contribution in [3.05, 3.63) is 12.2 Å². The third-order valence-corrected chi connectivity index (χ3v) is 3.81. The Kier molecular flexibility index (Phi) is 15.4. The van der Waals surface area contributed by atoms with E-state index in [1.807, 2.05) is 6.08 Å². The minimum Gasteiger partial charge on any atom is -0.469 e. The fourth-order valence-electron chi connectivity index (χ4n) is 2.36. The molecule has 22 heavy (non-hydrogen) atoms. The van der Waals surface area contributed by atoms with Crippen LogP contribution in [0.3, 0.4) is 0 Å². The van der Waals surface area contributed by atoms with Crippen LogP contribution in [0, 0.1) is 0 Å². The topological polar surface area (TPSA) is 43.4 Å². The van der Waals surface area contributed by atoms with Gasteiger partial charge in [0.25, 0.3) is 0 Å². The van der Waals surface area contributed by atoms with E-state index in [4.69, 9.17) is 0 Å². The Labute approximate surface area is 136 Å². The quantitative estimate of drug-likeness (QED) is 0.232. The predicted molar refractivity (Wildman–Crippen MR) is 91.9 cm³/mol. The van der Waals surface area contributed by atoms with Gasteiger partial charge in [-0.3, -0.25) is 9.59 Å². The minimum absolute atomic E-state index is 0.145. The van der Waals surface area contributed by atoms with E-state index in [1.165, 1.54) is 45.6 Å². The van der Waals surface area contributed by atoms with Crippen LogP contribution in [0.4, 0.5) is 0 Å². The van der Waals surface area contributed by atoms with Crippen molar-refractivity contribution < 1.29 is 14.3 Å². The number of ether oxygens (including phenoxy) is 1. The summed E-state index contributed by atoms with van der Waals surface area (Å²) in [7, 11) is 1.42. The maximum Gasteiger partial charge on any atom is 0.305 e. The van der Waals surface area contributed by atoms with Gasteiger partial charge in [0.1, 0.15) is 0 Å². The van der Waals surface area contributed by atoms with Crippen molar-refractivity contribution in [1.82, 2.24) is 0 Å². The maximum atomic E-state index is 11.6. The highest BCUT2D eigenvalue weighted by Gasteiger charge is 2.00. The lowest BCUT2D eigenvalue weighted by atomic mass is 10.1. The van der Waals surface area contributed by atoms with Gasteiger partial charge >= 0.3 is 5.97 Å². The SMILES string of the molecule is CCCCCCCC/C=C/C(=O)CCCCCCC(=O)OC. The zero-order valence-corrected chi connectivity index (χ0v) is 14.6. The molecule has 3 heteroatoms. The van der Waals surface area contributed by atoms with E-state index in [1.54, 1.807) is 6.08 Å². The molecule has 0 saturated heterocycles. The van der Waals surface area contributed by atoms with Gasteiger partial charge in [-0.25, -0.2) is 0 Å². The zero-order chi connectivity index (χ0) is 16.5. The Balaban J connectivity index is 3.34. The van der Waals surface area contributed by atoms with Crippen LogP contribution in [0.15, 0.2) is 12.2 Å². The van der Waals surface area contributed by atoms with Crippen molar-refractivity contribution in [3.8, 4) is 0 Å². The molecule has 0 aliphatic heterocycles. The largest absolute Gasteiger partial charge is 0.469 e. The van der Waals surface area contributed by atoms with Crippen molar-refractivity contribution in [1.29, 1.82) is 0 Å². The molecule has 0 unspecified atom stereocenters. The summed E-state index contributed by atoms with van der Waals surface area (Å²) in [6.45, 7) is 2.23. The molecule has 0 atom stereocenters. The van der Waals surface area contributed by atoms with Crippen LogP contribution in [0.25, 0.3) is 0 Å². The van der Waals surface area contributed by atoms with Crippen molar-refractivity contribution in [2.75, 3.05) is 7.11 Å². The number of allylic oxidation sites excluding steroid dienone is 2. The number of ketones is 1. The summed E-state index contributed by atoms with van der Waals surface area (Å²) in [5, 5.41) is 0. The van der Waals surface area contributed by atoms with E-state index in [9.17, 15) is 9.59 Å². The fraction of sp³-hybridized carbons (Fsp3) is 0.789. The molecule has 0 heterocycles. The highest BCUT2D eigenvalue weighted by atomic mass is 16.5. The number of carbonyl (C=O) groups is 2. The van der Waals surface area contributed by atoms with Crippen LogP contribution in [-0.2, 0) is 14.3 Å². The second-order valence-corrected chi connectivity index (χ2v) is 5.92. The van der Waals surface area contributed by atoms with E-state index in [0.717, 1.165) is 32.1 Å². The van der Waals surface area contributed by atoms with Gasteiger partial charge < -0.3 is 4.74 Å². The average molecular weight is 310 g/mol. The number of hydrogen-bond acceptors (Lipinski definition) is 3. The molecule has 0 spiro atoms. The van der Waals surface area contributed by atoms with E-state index < -0.39 is 0 Å². The zero-order valence-electron chi connectivity index (χ0n) is 14.6. The molecule has 0 fully saturated rings. The average Bonchev–Trinajstić information content (AvgIpc) is 2.52. The number of carbonyl (C=O) groups excluding carboxylic acids is 2. The Morgan fingerprint density at radius 3 is 2.09 bits per heavy atom. The molecular weight excluding hydrogens is 276 g/mol. The molecule has 0 aliphatic rings. The normalized spacial score (nSPS) is 11.0. The molecule has 0 saturated carbocycles. The Morgan fingerprint density at radius 2 is 1.41 bits per heavy atom. The van der Waals surface area contributed by atoms with E-state index in [-0.39, 0.29) is 11.8 Å². The number of hydrogen-bond donors (Lipinski definition) is 0. The molecule has 0 aliphatic carbocycles. The second kappa shape index (κ2) is 16.3. The van der Waals surface area contributed by atoms with Crippen LogP contribution >= 0.6 is 0 Å². The molecule has 128 valence electrons. The van der Waals surface area contributed by atoms with E-state index in [0.29, 0.717) is 12.8 Å². The first-order chi connectivity index (χ1) is 10.7. The third-order valence-electron chi connectivity index (χ3n) is 3.81. The summed E-state index contributed by atoms with van der Waals surface area (Å²) in [6.07, 6.45) is 17.5. The minimum atomic E-state index is -0.145. The summed E-state index contributed by atoms with van der Waals surface area (Å²) < 4.78 is 4.58. The third kappa shape index (κ3) is 15.3. The highest BCUT2D eigenvalue weighted by molar-refractivity contribution is 5.89. The Hall–Kier alpha value is -1.12. The molecule has 0 aromatic heterocycles. The highest BCUT2D eigenvalue weighted by Crippen LogP contribution is 2.09. The maximum absolute atomic E-state index is 11.6. The first kappa shape index (κ1) is 20.9. The summed E-state index contributed by atoms with van der Waals surface area (Å²) in [5.74, 6) is 0.0904. The van der Waals surface area contributed by atoms with E-state index >= 15 is 0 Å². The lowest BCUT2D eigenvalue weighted by molar-refractivity contribution is -0.140. The van der Waals surface area contributed by atoms with Gasteiger partial charge in [-0.15, -0.1) is 0 Å². The monoisotopic (exact) mass is 310 g/mol. The van der Waals surface area contributed by atoms with Gasteiger partial charge in [-0.1, -0.05) is 57.9 Å². The summed E-state index contributed by atoms with van der Waals surface area (Å²) >= 11 is 0. The van der Waals surface area contributed by atoms with Gasteiger partial charge in [-0.2, -0.15) is 0 Å². The van der Waals surface area contributed by atoms with Crippen molar-refractivity contribution >= 4 is 11.8 Å². The van der Waals surface area contributed by atoms with Gasteiger partial charge in [0.2, 0.25) is 0 Å². The lowest BCUT2D eigenvalue weighted by Gasteiger charge is -2.00. The number of esters is 1. The Morgan fingerprint density at radius 1 is 0.818 bits per heavy atom. The first-order valence-corrected chi connectivity index (χ1v) is 8.97. The molecule has 0 aromatic rings. The molecule has 0 aromatic carbocycles. The van der Waals surface area contributed by atoms with Gasteiger partial charge in [-0.05, 0) is 31.8 Å². The molecule has 0 bridgehead atoms. The number of unbranched alkanes of at least 4 members (excludes halogenated alkanes) is 9. The van der Waals surface area contributed by atoms with Crippen molar-refractivity contribution in [2.24, 2.45) is 0 Å². The molecule has 0 rings (SSSR count). The molecular formula is C19H34O3. The lowest BCUT2D eigenvalue weighted by Crippen LogP contribution is -1.99. The number of methoxy groups -OCH3 is 1. The van der Waals surface area contributed by atoms with Gasteiger partial charge in [0.05, 0.1) is 7.11 Å². The van der Waals surface area contributed by atoms with Crippen molar-refractivity contribution in [2.45, 2.75) is 90.4 Å². The van der Waals surface area contributed by atoms with Crippen LogP contribution in [0.1, 0.15) is 90.4 Å². The number of rotatable bonds is 15. The van der Waals surface area contributed by atoms with Crippen molar-refractivity contribution in [3.63, 3.8) is 0 Å². The first-order valence-electron chi connectivity index (χ1n) is 8.97. The van der Waals surface area contributed by atoms with Crippen LogP contribution in [0.2, 0.25) is 0 Å². The van der Waals surface area contributed by atoms with Crippen LogP contribution in [0.5, 0.6) is 0 Å². The predicted octanol–water partition coefficient (Wildman–Crippen LogP) is 5.38. The summed E-state index contributed by atoms with van der Waals surface area (Å²) in [4.78, 5) is 22.6. The molecule has 0 amide bonds. The van der Waals surface area contributed by atoms with Crippen LogP contribution < -0.4 is 0 Å². The molecule has 0 N–H and O–H groups in total. The van der Waals surface area contributed by atoms with Gasteiger partial charge in [0.15, 0.2) is 5.78 Å². The van der Waals surface area contributed by atoms with E-state index in [2.05, 4.69) is 11.7 Å². The van der Waals surface area contributed by atoms with Crippen LogP contribution in [-0.4, -0.2) is 18.9 Å². The summed E-state index contributed by atoms with van der Waals surface area (Å²) in [6, 6.07) is 0. The molecule has 3 nitrogen and oxygen atoms in total.